The smallest absolute Gasteiger partial charge is 0.267 e. The number of carbonyl (C=O) groups excluding carboxylic acids is 2. The van der Waals surface area contributed by atoms with E-state index < -0.39 is 21.8 Å². The van der Waals surface area contributed by atoms with Crippen LogP contribution in [0.2, 0.25) is 0 Å². The standard InChI is InChI=1S/C21H25N3O4S/c1-5-13-22-29(27,28)18-8-6-7-16(14-18)20(26)24-23-19(25)15-9-11-17(12-10-15)21(2,3)4/h5-12,14,22H,1,13H2,2-4H3,(H,23,25)(H,24,26). The lowest BCUT2D eigenvalue weighted by Crippen LogP contribution is -2.41. The van der Waals surface area contributed by atoms with E-state index in [4.69, 9.17) is 0 Å². The molecule has 7 nitrogen and oxygen atoms in total. The highest BCUT2D eigenvalue weighted by Crippen LogP contribution is 2.22. The summed E-state index contributed by atoms with van der Waals surface area (Å²) >= 11 is 0. The molecule has 0 heterocycles. The molecular formula is C21H25N3O4S. The first kappa shape index (κ1) is 22.3. The van der Waals surface area contributed by atoms with Gasteiger partial charge in [0.2, 0.25) is 10.0 Å². The molecule has 2 rings (SSSR count). The van der Waals surface area contributed by atoms with Crippen molar-refractivity contribution in [2.45, 2.75) is 31.1 Å². The fourth-order valence-electron chi connectivity index (χ4n) is 2.44. The summed E-state index contributed by atoms with van der Waals surface area (Å²) in [6.45, 7) is 9.75. The fourth-order valence-corrected chi connectivity index (χ4v) is 3.48. The molecule has 0 aliphatic carbocycles. The molecule has 154 valence electrons. The van der Waals surface area contributed by atoms with E-state index in [0.717, 1.165) is 5.56 Å². The van der Waals surface area contributed by atoms with Gasteiger partial charge in [-0.15, -0.1) is 6.58 Å². The van der Waals surface area contributed by atoms with Gasteiger partial charge in [0.05, 0.1) is 4.90 Å². The van der Waals surface area contributed by atoms with Crippen molar-refractivity contribution >= 4 is 21.8 Å². The van der Waals surface area contributed by atoms with Crippen molar-refractivity contribution < 1.29 is 18.0 Å². The zero-order valence-corrected chi connectivity index (χ0v) is 17.5. The van der Waals surface area contributed by atoms with E-state index in [2.05, 4.69) is 42.9 Å². The fraction of sp³-hybridized carbons (Fsp3) is 0.238. The van der Waals surface area contributed by atoms with E-state index in [-0.39, 0.29) is 22.4 Å². The maximum absolute atomic E-state index is 12.3. The van der Waals surface area contributed by atoms with Crippen LogP contribution in [0, 0.1) is 0 Å². The second-order valence-corrected chi connectivity index (χ2v) is 9.17. The highest BCUT2D eigenvalue weighted by atomic mass is 32.2. The third-order valence-corrected chi connectivity index (χ3v) is 5.55. The molecule has 0 saturated carbocycles. The Kier molecular flexibility index (Phi) is 6.94. The average molecular weight is 416 g/mol. The third-order valence-electron chi connectivity index (χ3n) is 4.13. The summed E-state index contributed by atoms with van der Waals surface area (Å²) in [4.78, 5) is 24.5. The lowest BCUT2D eigenvalue weighted by Gasteiger charge is -2.19. The number of nitrogens with one attached hydrogen (secondary N) is 3. The van der Waals surface area contributed by atoms with Crippen LogP contribution >= 0.6 is 0 Å². The molecule has 0 aromatic heterocycles. The van der Waals surface area contributed by atoms with Crippen LogP contribution in [0.15, 0.2) is 66.1 Å². The number of hydrazine groups is 1. The number of benzene rings is 2. The van der Waals surface area contributed by atoms with Crippen LogP contribution in [0.1, 0.15) is 47.1 Å². The van der Waals surface area contributed by atoms with Gasteiger partial charge in [-0.1, -0.05) is 45.0 Å². The summed E-state index contributed by atoms with van der Waals surface area (Å²) in [6.07, 6.45) is 1.41. The Hall–Kier alpha value is -2.97. The Morgan fingerprint density at radius 1 is 0.966 bits per heavy atom. The minimum atomic E-state index is -3.76. The van der Waals surface area contributed by atoms with Gasteiger partial charge in [-0.3, -0.25) is 20.4 Å². The number of amides is 2. The lowest BCUT2D eigenvalue weighted by atomic mass is 9.87. The van der Waals surface area contributed by atoms with Gasteiger partial charge >= 0.3 is 0 Å². The quantitative estimate of drug-likeness (QED) is 0.498. The maximum atomic E-state index is 12.3. The van der Waals surface area contributed by atoms with Crippen LogP contribution < -0.4 is 15.6 Å². The average Bonchev–Trinajstić information content (AvgIpc) is 2.69. The SMILES string of the molecule is C=CCNS(=O)(=O)c1cccc(C(=O)NNC(=O)c2ccc(C(C)(C)C)cc2)c1. The highest BCUT2D eigenvalue weighted by Gasteiger charge is 2.17. The van der Waals surface area contributed by atoms with Crippen molar-refractivity contribution in [1.29, 1.82) is 0 Å². The van der Waals surface area contributed by atoms with Crippen LogP contribution in [0.25, 0.3) is 0 Å². The Labute approximate surface area is 171 Å². The molecule has 0 unspecified atom stereocenters. The molecule has 3 N–H and O–H groups in total. The Morgan fingerprint density at radius 2 is 1.55 bits per heavy atom. The molecule has 8 heteroatoms. The second-order valence-electron chi connectivity index (χ2n) is 7.40. The van der Waals surface area contributed by atoms with Crippen molar-refractivity contribution in [3.8, 4) is 0 Å². The minimum Gasteiger partial charge on any atom is -0.267 e. The van der Waals surface area contributed by atoms with E-state index in [1.807, 2.05) is 12.1 Å². The summed E-state index contributed by atoms with van der Waals surface area (Å²) in [5.41, 5.74) is 6.16. The Morgan fingerprint density at radius 3 is 2.10 bits per heavy atom. The van der Waals surface area contributed by atoms with Gasteiger partial charge in [-0.25, -0.2) is 13.1 Å². The van der Waals surface area contributed by atoms with Crippen LogP contribution in [0.4, 0.5) is 0 Å². The van der Waals surface area contributed by atoms with Gasteiger partial charge in [-0.05, 0) is 41.3 Å². The molecule has 0 atom stereocenters. The summed E-state index contributed by atoms with van der Waals surface area (Å²) in [5.74, 6) is -1.11. The van der Waals surface area contributed by atoms with E-state index in [1.54, 1.807) is 12.1 Å². The molecular weight excluding hydrogens is 390 g/mol. The predicted molar refractivity (Wildman–Crippen MR) is 112 cm³/mol. The number of sulfonamides is 1. The summed E-state index contributed by atoms with van der Waals surface area (Å²) < 4.78 is 26.6. The topological polar surface area (TPSA) is 104 Å². The van der Waals surface area contributed by atoms with Gasteiger partial charge < -0.3 is 0 Å². The Balaban J connectivity index is 2.05. The van der Waals surface area contributed by atoms with Crippen molar-refractivity contribution in [3.63, 3.8) is 0 Å². The molecule has 0 saturated heterocycles. The van der Waals surface area contributed by atoms with Gasteiger partial charge in [0.15, 0.2) is 0 Å². The van der Waals surface area contributed by atoms with Crippen molar-refractivity contribution in [2.24, 2.45) is 0 Å². The zero-order valence-electron chi connectivity index (χ0n) is 16.7. The van der Waals surface area contributed by atoms with E-state index in [9.17, 15) is 18.0 Å². The molecule has 0 bridgehead atoms. The molecule has 0 fully saturated rings. The number of hydrogen-bond donors (Lipinski definition) is 3. The predicted octanol–water partition coefficient (Wildman–Crippen LogP) is 2.52. The van der Waals surface area contributed by atoms with E-state index in [1.165, 1.54) is 30.3 Å². The first-order valence-electron chi connectivity index (χ1n) is 8.96. The van der Waals surface area contributed by atoms with Gasteiger partial charge in [-0.2, -0.15) is 0 Å². The molecule has 2 amide bonds. The summed E-state index contributed by atoms with van der Waals surface area (Å²) in [7, 11) is -3.76. The van der Waals surface area contributed by atoms with Crippen molar-refractivity contribution in [1.82, 2.24) is 15.6 Å². The molecule has 29 heavy (non-hydrogen) atoms. The molecule has 2 aromatic rings. The third kappa shape index (κ3) is 6.00. The normalized spacial score (nSPS) is 11.6. The largest absolute Gasteiger partial charge is 0.269 e. The summed E-state index contributed by atoms with van der Waals surface area (Å²) in [6, 6.07) is 12.6. The molecule has 0 aliphatic heterocycles. The van der Waals surface area contributed by atoms with Gasteiger partial charge in [0, 0.05) is 17.7 Å². The molecule has 2 aromatic carbocycles. The zero-order chi connectivity index (χ0) is 21.7. The highest BCUT2D eigenvalue weighted by molar-refractivity contribution is 7.89. The number of rotatable bonds is 6. The molecule has 0 aliphatic rings. The first-order chi connectivity index (χ1) is 13.5. The molecule has 0 radical (unpaired) electrons. The number of carbonyl (C=O) groups is 2. The minimum absolute atomic E-state index is 0.0326. The van der Waals surface area contributed by atoms with Crippen LogP contribution in [-0.2, 0) is 15.4 Å². The summed E-state index contributed by atoms with van der Waals surface area (Å²) in [5, 5.41) is 0. The van der Waals surface area contributed by atoms with E-state index >= 15 is 0 Å². The van der Waals surface area contributed by atoms with E-state index in [0.29, 0.717) is 5.56 Å². The van der Waals surface area contributed by atoms with Crippen LogP contribution in [0.3, 0.4) is 0 Å². The first-order valence-corrected chi connectivity index (χ1v) is 10.4. The lowest BCUT2D eigenvalue weighted by molar-refractivity contribution is 0.0846. The Bertz CT molecular complexity index is 1010. The molecule has 0 spiro atoms. The van der Waals surface area contributed by atoms with Crippen molar-refractivity contribution in [2.75, 3.05) is 6.54 Å². The van der Waals surface area contributed by atoms with Crippen molar-refractivity contribution in [3.05, 3.63) is 77.9 Å². The van der Waals surface area contributed by atoms with Crippen LogP contribution in [0.5, 0.6) is 0 Å². The maximum Gasteiger partial charge on any atom is 0.269 e. The second kappa shape index (κ2) is 9.02. The van der Waals surface area contributed by atoms with Gasteiger partial charge in [0.1, 0.15) is 0 Å². The monoisotopic (exact) mass is 415 g/mol. The van der Waals surface area contributed by atoms with Gasteiger partial charge in [0.25, 0.3) is 11.8 Å². The number of hydrogen-bond acceptors (Lipinski definition) is 4. The van der Waals surface area contributed by atoms with Crippen LogP contribution in [-0.4, -0.2) is 26.8 Å².